The van der Waals surface area contributed by atoms with Crippen LogP contribution in [0.15, 0.2) is 54.7 Å². The Hall–Kier alpha value is -2.55. The summed E-state index contributed by atoms with van der Waals surface area (Å²) in [6.45, 7) is 2.80. The monoisotopic (exact) mass is 276 g/mol. The van der Waals surface area contributed by atoms with Crippen LogP contribution in [0.3, 0.4) is 0 Å². The van der Waals surface area contributed by atoms with Crippen LogP contribution in [0.1, 0.15) is 11.1 Å². The van der Waals surface area contributed by atoms with Crippen LogP contribution in [0, 0.1) is 6.92 Å². The average molecular weight is 276 g/mol. The highest BCUT2D eigenvalue weighted by atomic mass is 16.5. The van der Waals surface area contributed by atoms with Crippen LogP contribution in [0.2, 0.25) is 0 Å². The smallest absolute Gasteiger partial charge is 0.128 e. The number of rotatable bonds is 1. The minimum absolute atomic E-state index is 0.698. The molecule has 0 amide bonds. The molecule has 104 valence electrons. The predicted molar refractivity (Wildman–Crippen MR) is 82.9 cm³/mol. The zero-order valence-electron chi connectivity index (χ0n) is 11.9. The van der Waals surface area contributed by atoms with Crippen LogP contribution in [0.5, 0.6) is 5.75 Å². The Bertz CT molecular complexity index is 790. The molecular weight excluding hydrogens is 260 g/mol. The average Bonchev–Trinajstić information content (AvgIpc) is 2.85. The maximum atomic E-state index is 5.89. The molecule has 2 aromatic carbocycles. The first kappa shape index (κ1) is 12.2. The van der Waals surface area contributed by atoms with Crippen molar-refractivity contribution in [3.8, 4) is 22.7 Å². The first-order valence-electron chi connectivity index (χ1n) is 7.19. The fraction of sp³-hybridized carbons (Fsp3) is 0.167. The topological polar surface area (TPSA) is 27.1 Å². The van der Waals surface area contributed by atoms with Gasteiger partial charge in [-0.25, -0.2) is 4.68 Å². The molecule has 3 heteroatoms. The third-order valence-electron chi connectivity index (χ3n) is 3.86. The molecule has 0 unspecified atom stereocenters. The third kappa shape index (κ3) is 2.02. The zero-order valence-corrected chi connectivity index (χ0v) is 11.9. The molecule has 4 rings (SSSR count). The number of benzene rings is 2. The van der Waals surface area contributed by atoms with Gasteiger partial charge in [-0.05, 0) is 31.2 Å². The van der Waals surface area contributed by atoms with Gasteiger partial charge in [-0.2, -0.15) is 5.10 Å². The summed E-state index contributed by atoms with van der Waals surface area (Å²) in [4.78, 5) is 0. The summed E-state index contributed by atoms with van der Waals surface area (Å²) in [6, 6.07) is 16.6. The van der Waals surface area contributed by atoms with E-state index in [9.17, 15) is 0 Å². The van der Waals surface area contributed by atoms with Crippen LogP contribution < -0.4 is 4.74 Å². The van der Waals surface area contributed by atoms with Crippen molar-refractivity contribution in [1.82, 2.24) is 9.78 Å². The van der Waals surface area contributed by atoms with Crippen molar-refractivity contribution in [1.29, 1.82) is 0 Å². The van der Waals surface area contributed by atoms with E-state index in [1.807, 2.05) is 29.1 Å². The van der Waals surface area contributed by atoms with Gasteiger partial charge in [-0.1, -0.05) is 29.8 Å². The lowest BCUT2D eigenvalue weighted by Gasteiger charge is -2.12. The summed E-state index contributed by atoms with van der Waals surface area (Å²) in [6.07, 6.45) is 2.85. The number of hydrogen-bond acceptors (Lipinski definition) is 2. The third-order valence-corrected chi connectivity index (χ3v) is 3.86. The lowest BCUT2D eigenvalue weighted by atomic mass is 10.0. The molecular formula is C18H16N2O. The second-order valence-corrected chi connectivity index (χ2v) is 5.36. The fourth-order valence-electron chi connectivity index (χ4n) is 2.84. The number of nitrogens with zero attached hydrogens (tertiary/aromatic N) is 2. The van der Waals surface area contributed by atoms with Gasteiger partial charge in [0.2, 0.25) is 0 Å². The number of aromatic nitrogens is 2. The minimum atomic E-state index is 0.698. The molecule has 0 saturated heterocycles. The van der Waals surface area contributed by atoms with Gasteiger partial charge in [0.05, 0.1) is 24.2 Å². The van der Waals surface area contributed by atoms with E-state index < -0.39 is 0 Å². The Morgan fingerprint density at radius 2 is 1.95 bits per heavy atom. The van der Waals surface area contributed by atoms with Crippen molar-refractivity contribution < 1.29 is 4.74 Å². The van der Waals surface area contributed by atoms with Gasteiger partial charge in [-0.3, -0.25) is 0 Å². The van der Waals surface area contributed by atoms with E-state index in [0.29, 0.717) is 6.61 Å². The fourth-order valence-corrected chi connectivity index (χ4v) is 2.84. The molecule has 0 spiro atoms. The summed E-state index contributed by atoms with van der Waals surface area (Å²) in [5, 5.41) is 4.60. The number of fused-ring (bicyclic) bond motifs is 3. The van der Waals surface area contributed by atoms with Crippen LogP contribution in [-0.4, -0.2) is 16.4 Å². The second kappa shape index (κ2) is 4.77. The van der Waals surface area contributed by atoms with Gasteiger partial charge in [0.25, 0.3) is 0 Å². The van der Waals surface area contributed by atoms with Crippen molar-refractivity contribution >= 4 is 0 Å². The van der Waals surface area contributed by atoms with Gasteiger partial charge in [0, 0.05) is 17.5 Å². The van der Waals surface area contributed by atoms with Crippen LogP contribution in [-0.2, 0) is 6.42 Å². The Balaban J connectivity index is 1.99. The lowest BCUT2D eigenvalue weighted by molar-refractivity contribution is 0.326. The summed E-state index contributed by atoms with van der Waals surface area (Å²) >= 11 is 0. The predicted octanol–water partition coefficient (Wildman–Crippen LogP) is 3.78. The first-order chi connectivity index (χ1) is 10.3. The normalized spacial score (nSPS) is 13.0. The summed E-state index contributed by atoms with van der Waals surface area (Å²) in [5.74, 6) is 0.942. The van der Waals surface area contributed by atoms with Crippen molar-refractivity contribution in [2.24, 2.45) is 0 Å². The van der Waals surface area contributed by atoms with Crippen LogP contribution in [0.4, 0.5) is 0 Å². The van der Waals surface area contributed by atoms with E-state index >= 15 is 0 Å². The first-order valence-corrected chi connectivity index (χ1v) is 7.19. The largest absolute Gasteiger partial charge is 0.493 e. The van der Waals surface area contributed by atoms with E-state index in [-0.39, 0.29) is 0 Å². The second-order valence-electron chi connectivity index (χ2n) is 5.36. The van der Waals surface area contributed by atoms with E-state index in [0.717, 1.165) is 29.1 Å². The molecule has 3 aromatic rings. The van der Waals surface area contributed by atoms with Crippen molar-refractivity contribution in [3.63, 3.8) is 0 Å². The molecule has 0 aliphatic carbocycles. The minimum Gasteiger partial charge on any atom is -0.493 e. The molecule has 3 nitrogen and oxygen atoms in total. The lowest BCUT2D eigenvalue weighted by Crippen LogP contribution is -2.00. The summed E-state index contributed by atoms with van der Waals surface area (Å²) < 4.78 is 7.91. The maximum absolute atomic E-state index is 5.89. The molecule has 0 fully saturated rings. The summed E-state index contributed by atoms with van der Waals surface area (Å²) in [7, 11) is 0. The van der Waals surface area contributed by atoms with E-state index in [4.69, 9.17) is 4.74 Å². The van der Waals surface area contributed by atoms with Gasteiger partial charge >= 0.3 is 0 Å². The van der Waals surface area contributed by atoms with Gasteiger partial charge in [-0.15, -0.1) is 0 Å². The molecule has 1 aliphatic rings. The number of ether oxygens (including phenoxy) is 1. The van der Waals surface area contributed by atoms with Gasteiger partial charge in [0.1, 0.15) is 5.75 Å². The molecule has 0 bridgehead atoms. The standard InChI is InChI=1S/C18H16N2O/c1-13-7-8-17-16(11-13)18-14(9-10-21-17)12-19-20(18)15-5-3-2-4-6-15/h2-8,11-12H,9-10H2,1H3. The molecule has 0 N–H and O–H groups in total. The molecule has 2 heterocycles. The SMILES string of the molecule is Cc1ccc2c(c1)-c1c(cnn1-c1ccccc1)CCO2. The molecule has 21 heavy (non-hydrogen) atoms. The van der Waals surface area contributed by atoms with Crippen molar-refractivity contribution in [2.45, 2.75) is 13.3 Å². The van der Waals surface area contributed by atoms with Crippen molar-refractivity contribution in [2.75, 3.05) is 6.61 Å². The maximum Gasteiger partial charge on any atom is 0.128 e. The van der Waals surface area contributed by atoms with E-state index in [1.165, 1.54) is 11.1 Å². The Morgan fingerprint density at radius 3 is 2.81 bits per heavy atom. The highest BCUT2D eigenvalue weighted by Gasteiger charge is 2.21. The molecule has 1 aromatic heterocycles. The van der Waals surface area contributed by atoms with Gasteiger partial charge in [0.15, 0.2) is 0 Å². The van der Waals surface area contributed by atoms with Crippen LogP contribution in [0.25, 0.3) is 16.9 Å². The molecule has 1 aliphatic heterocycles. The quantitative estimate of drug-likeness (QED) is 0.676. The summed E-state index contributed by atoms with van der Waals surface area (Å²) in [5.41, 5.74) is 5.82. The van der Waals surface area contributed by atoms with Crippen LogP contribution >= 0.6 is 0 Å². The van der Waals surface area contributed by atoms with E-state index in [2.05, 4.69) is 42.4 Å². The van der Waals surface area contributed by atoms with Crippen molar-refractivity contribution in [3.05, 3.63) is 65.9 Å². The Morgan fingerprint density at radius 1 is 1.10 bits per heavy atom. The molecule has 0 atom stereocenters. The highest BCUT2D eigenvalue weighted by Crippen LogP contribution is 2.37. The Kier molecular flexibility index (Phi) is 2.78. The number of para-hydroxylation sites is 1. The van der Waals surface area contributed by atoms with Gasteiger partial charge < -0.3 is 4.74 Å². The molecule has 0 radical (unpaired) electrons. The zero-order chi connectivity index (χ0) is 14.2. The molecule has 0 saturated carbocycles. The number of hydrogen-bond donors (Lipinski definition) is 0. The van der Waals surface area contributed by atoms with E-state index in [1.54, 1.807) is 0 Å². The number of aryl methyl sites for hydroxylation is 1. The highest BCUT2D eigenvalue weighted by molar-refractivity contribution is 5.73. The Labute approximate surface area is 123 Å².